The number of hydrogen-bond acceptors (Lipinski definition) is 2. The van der Waals surface area contributed by atoms with Crippen molar-refractivity contribution in [3.8, 4) is 0 Å². The van der Waals surface area contributed by atoms with Gasteiger partial charge in [0.2, 0.25) is 0 Å². The lowest BCUT2D eigenvalue weighted by Crippen LogP contribution is -1.78. The van der Waals surface area contributed by atoms with E-state index in [1.807, 2.05) is 97.4 Å². The number of halogens is 2. The van der Waals surface area contributed by atoms with E-state index >= 15 is 0 Å². The number of aliphatic imine (C=N–C) groups is 2. The Balaban J connectivity index is 0.000000201. The number of benzene rings is 4. The van der Waals surface area contributed by atoms with Gasteiger partial charge >= 0.3 is 0 Å². The van der Waals surface area contributed by atoms with Crippen LogP contribution in [0.2, 0.25) is 0 Å². The van der Waals surface area contributed by atoms with Gasteiger partial charge in [-0.15, -0.1) is 0 Å². The van der Waals surface area contributed by atoms with Crippen LogP contribution < -0.4 is 0 Å². The fourth-order valence-electron chi connectivity index (χ4n) is 3.11. The highest BCUT2D eigenvalue weighted by Gasteiger charge is 1.91. The Hall–Kier alpha value is -3.34. The van der Waals surface area contributed by atoms with Gasteiger partial charge < -0.3 is 0 Å². The second-order valence-electron chi connectivity index (χ2n) is 8.07. The van der Waals surface area contributed by atoms with Crippen LogP contribution in [-0.2, 0) is 0 Å². The van der Waals surface area contributed by atoms with E-state index in [0.29, 0.717) is 0 Å². The lowest BCUT2D eigenvalue weighted by Gasteiger charge is -1.96. The van der Waals surface area contributed by atoms with Crippen molar-refractivity contribution in [2.24, 2.45) is 9.98 Å². The van der Waals surface area contributed by atoms with Crippen LogP contribution in [0.15, 0.2) is 139 Å². The second kappa shape index (κ2) is 14.9. The Morgan fingerprint density at radius 1 is 0.500 bits per heavy atom. The van der Waals surface area contributed by atoms with Crippen molar-refractivity contribution in [3.63, 3.8) is 0 Å². The zero-order chi connectivity index (χ0) is 25.6. The molecule has 0 radical (unpaired) electrons. The van der Waals surface area contributed by atoms with E-state index in [0.717, 1.165) is 31.5 Å². The van der Waals surface area contributed by atoms with Crippen molar-refractivity contribution in [1.82, 2.24) is 0 Å². The molecule has 4 heteroatoms. The van der Waals surface area contributed by atoms with Crippen LogP contribution in [0.5, 0.6) is 0 Å². The van der Waals surface area contributed by atoms with Gasteiger partial charge in [0.1, 0.15) is 0 Å². The molecule has 0 aliphatic rings. The van der Waals surface area contributed by atoms with Gasteiger partial charge in [-0.05, 0) is 84.7 Å². The molecule has 36 heavy (non-hydrogen) atoms. The summed E-state index contributed by atoms with van der Waals surface area (Å²) < 4.78 is 2.14. The largest absolute Gasteiger partial charge is 0.257 e. The lowest BCUT2D eigenvalue weighted by molar-refractivity contribution is 1.50. The molecule has 4 aromatic rings. The SMILES string of the molecule is C/C(C=Nc1ccc(Br)cc1)=C\c1ccccc1.C/C(C=Nc1ccc(Br)cc1)=C\c1ccccc1. The van der Waals surface area contributed by atoms with E-state index in [2.05, 4.69) is 92.1 Å². The van der Waals surface area contributed by atoms with E-state index in [1.165, 1.54) is 11.1 Å². The fourth-order valence-corrected chi connectivity index (χ4v) is 3.63. The number of nitrogens with zero attached hydrogens (tertiary/aromatic N) is 2. The predicted octanol–water partition coefficient (Wildman–Crippen LogP) is 10.5. The molecule has 0 amide bonds. The van der Waals surface area contributed by atoms with Gasteiger partial charge in [0.15, 0.2) is 0 Å². The summed E-state index contributed by atoms with van der Waals surface area (Å²) in [6, 6.07) is 36.4. The Morgan fingerprint density at radius 2 is 0.833 bits per heavy atom. The van der Waals surface area contributed by atoms with E-state index in [-0.39, 0.29) is 0 Å². The maximum Gasteiger partial charge on any atom is 0.0630 e. The molecule has 4 rings (SSSR count). The molecule has 180 valence electrons. The molecule has 0 fully saturated rings. The number of hydrogen-bond donors (Lipinski definition) is 0. The normalized spacial score (nSPS) is 12.0. The fraction of sp³-hybridized carbons (Fsp3) is 0.0625. The van der Waals surface area contributed by atoms with Crippen molar-refractivity contribution in [1.29, 1.82) is 0 Å². The smallest absolute Gasteiger partial charge is 0.0630 e. The zero-order valence-corrected chi connectivity index (χ0v) is 23.5. The van der Waals surface area contributed by atoms with E-state index in [4.69, 9.17) is 0 Å². The minimum Gasteiger partial charge on any atom is -0.257 e. The quantitative estimate of drug-likeness (QED) is 0.197. The third-order valence-corrected chi connectivity index (χ3v) is 5.93. The van der Waals surface area contributed by atoms with Gasteiger partial charge in [0.05, 0.1) is 11.4 Å². The first-order chi connectivity index (χ1) is 17.5. The number of allylic oxidation sites excluding steroid dienone is 2. The summed E-state index contributed by atoms with van der Waals surface area (Å²) in [4.78, 5) is 8.86. The van der Waals surface area contributed by atoms with Gasteiger partial charge in [0.25, 0.3) is 0 Å². The third kappa shape index (κ3) is 10.5. The third-order valence-electron chi connectivity index (χ3n) is 4.88. The minimum absolute atomic E-state index is 0.957. The highest BCUT2D eigenvalue weighted by molar-refractivity contribution is 9.10. The molecule has 0 aliphatic heterocycles. The highest BCUT2D eigenvalue weighted by Crippen LogP contribution is 2.18. The first kappa shape index (κ1) is 27.3. The van der Waals surface area contributed by atoms with E-state index in [9.17, 15) is 0 Å². The summed E-state index contributed by atoms with van der Waals surface area (Å²) in [5.41, 5.74) is 6.56. The Bertz CT molecular complexity index is 1210. The van der Waals surface area contributed by atoms with Crippen LogP contribution in [0.1, 0.15) is 25.0 Å². The topological polar surface area (TPSA) is 24.7 Å². The standard InChI is InChI=1S/2C16H14BrN/c2*1-13(11-14-5-3-2-4-6-14)12-18-16-9-7-15(17)8-10-16/h2*2-12H,1H3/b2*13-11+,18-12?. The van der Waals surface area contributed by atoms with Crippen LogP contribution >= 0.6 is 31.9 Å². The maximum atomic E-state index is 4.43. The molecule has 2 nitrogen and oxygen atoms in total. The summed E-state index contributed by atoms with van der Waals surface area (Å²) >= 11 is 6.81. The van der Waals surface area contributed by atoms with Crippen molar-refractivity contribution in [2.45, 2.75) is 13.8 Å². The summed E-state index contributed by atoms with van der Waals surface area (Å²) in [5, 5.41) is 0. The van der Waals surface area contributed by atoms with Crippen LogP contribution in [0.3, 0.4) is 0 Å². The summed E-state index contributed by atoms with van der Waals surface area (Å²) in [5.74, 6) is 0. The van der Waals surface area contributed by atoms with Gasteiger partial charge in [-0.2, -0.15) is 0 Å². The van der Waals surface area contributed by atoms with Gasteiger partial charge in [-0.25, -0.2) is 0 Å². The molecule has 0 aromatic heterocycles. The maximum absolute atomic E-state index is 4.43. The van der Waals surface area contributed by atoms with Gasteiger partial charge in [-0.1, -0.05) is 105 Å². The van der Waals surface area contributed by atoms with Crippen LogP contribution in [-0.4, -0.2) is 12.4 Å². The summed E-state index contributed by atoms with van der Waals surface area (Å²) in [6.07, 6.45) is 8.00. The van der Waals surface area contributed by atoms with Crippen molar-refractivity contribution in [2.75, 3.05) is 0 Å². The molecule has 0 unspecified atom stereocenters. The molecular weight excluding hydrogens is 572 g/mol. The molecular formula is C32H28Br2N2. The molecule has 0 N–H and O–H groups in total. The van der Waals surface area contributed by atoms with Gasteiger partial charge in [0, 0.05) is 21.4 Å². The Morgan fingerprint density at radius 3 is 1.17 bits per heavy atom. The van der Waals surface area contributed by atoms with Crippen molar-refractivity contribution < 1.29 is 0 Å². The Labute approximate surface area is 231 Å². The molecule has 0 saturated heterocycles. The summed E-state index contributed by atoms with van der Waals surface area (Å²) in [7, 11) is 0. The average molecular weight is 600 g/mol. The van der Waals surface area contributed by atoms with Crippen LogP contribution in [0, 0.1) is 0 Å². The number of rotatable bonds is 6. The lowest BCUT2D eigenvalue weighted by atomic mass is 10.1. The molecule has 4 aromatic carbocycles. The molecule has 0 saturated carbocycles. The first-order valence-electron chi connectivity index (χ1n) is 11.5. The van der Waals surface area contributed by atoms with Crippen molar-refractivity contribution >= 4 is 67.8 Å². The van der Waals surface area contributed by atoms with Gasteiger partial charge in [-0.3, -0.25) is 9.98 Å². The first-order valence-corrected chi connectivity index (χ1v) is 13.1. The zero-order valence-electron chi connectivity index (χ0n) is 20.4. The molecule has 0 atom stereocenters. The molecule has 0 heterocycles. The van der Waals surface area contributed by atoms with E-state index in [1.54, 1.807) is 0 Å². The summed E-state index contributed by atoms with van der Waals surface area (Å²) in [6.45, 7) is 4.10. The monoisotopic (exact) mass is 598 g/mol. The van der Waals surface area contributed by atoms with E-state index < -0.39 is 0 Å². The average Bonchev–Trinajstić information content (AvgIpc) is 2.90. The van der Waals surface area contributed by atoms with Crippen LogP contribution in [0.25, 0.3) is 12.2 Å². The van der Waals surface area contributed by atoms with Crippen LogP contribution in [0.4, 0.5) is 11.4 Å². The highest BCUT2D eigenvalue weighted by atomic mass is 79.9. The molecule has 0 aliphatic carbocycles. The minimum atomic E-state index is 0.957. The molecule has 0 bridgehead atoms. The predicted molar refractivity (Wildman–Crippen MR) is 165 cm³/mol. The molecule has 0 spiro atoms. The Kier molecular flexibility index (Phi) is 11.3. The van der Waals surface area contributed by atoms with Crippen molar-refractivity contribution in [3.05, 3.63) is 140 Å². The second-order valence-corrected chi connectivity index (χ2v) is 9.90.